The van der Waals surface area contributed by atoms with Crippen molar-refractivity contribution in [2.24, 2.45) is 0 Å². The molecule has 0 N–H and O–H groups in total. The average Bonchev–Trinajstić information content (AvgIpc) is 2.43. The minimum Gasteiger partial charge on any atom is -0.462 e. The highest BCUT2D eigenvalue weighted by Gasteiger charge is 2.43. The van der Waals surface area contributed by atoms with Gasteiger partial charge in [0.05, 0.1) is 6.61 Å². The van der Waals surface area contributed by atoms with E-state index in [2.05, 4.69) is 6.58 Å². The average molecular weight is 375 g/mol. The highest BCUT2D eigenvalue weighted by Crippen LogP contribution is 2.25. The van der Waals surface area contributed by atoms with Gasteiger partial charge in [-0.15, -0.1) is 0 Å². The van der Waals surface area contributed by atoms with Crippen molar-refractivity contribution < 1.29 is 22.8 Å². The molecule has 0 aromatic rings. The minimum absolute atomic E-state index is 0.0747. The van der Waals surface area contributed by atoms with Crippen LogP contribution in [0.3, 0.4) is 0 Å². The molecule has 0 aliphatic rings. The summed E-state index contributed by atoms with van der Waals surface area (Å²) in [6.07, 6.45) is 4.09. The Morgan fingerprint density at radius 2 is 1.28 bits per heavy atom. The van der Waals surface area contributed by atoms with E-state index in [0.717, 1.165) is 31.7 Å². The van der Waals surface area contributed by atoms with Crippen LogP contribution in [-0.2, 0) is 22.8 Å². The maximum absolute atomic E-state index is 11.3. The van der Waals surface area contributed by atoms with Crippen LogP contribution in [0.2, 0.25) is 6.04 Å². The zero-order valence-electron chi connectivity index (χ0n) is 17.2. The largest absolute Gasteiger partial charge is 0.501 e. The van der Waals surface area contributed by atoms with E-state index in [-0.39, 0.29) is 24.3 Å². The maximum atomic E-state index is 11.3. The third kappa shape index (κ3) is 12.3. The van der Waals surface area contributed by atoms with Crippen LogP contribution in [-0.4, -0.2) is 39.7 Å². The molecule has 0 aromatic heterocycles. The molecule has 0 aliphatic carbocycles. The van der Waals surface area contributed by atoms with Crippen molar-refractivity contribution in [2.45, 2.75) is 98.5 Å². The molecule has 25 heavy (non-hydrogen) atoms. The van der Waals surface area contributed by atoms with Gasteiger partial charge in [0.1, 0.15) is 0 Å². The van der Waals surface area contributed by atoms with Crippen LogP contribution < -0.4 is 0 Å². The maximum Gasteiger partial charge on any atom is 0.501 e. The van der Waals surface area contributed by atoms with Crippen LogP contribution in [0.15, 0.2) is 12.2 Å². The molecule has 0 spiro atoms. The van der Waals surface area contributed by atoms with E-state index in [1.54, 1.807) is 6.92 Å². The van der Waals surface area contributed by atoms with Gasteiger partial charge >= 0.3 is 14.8 Å². The van der Waals surface area contributed by atoms with Gasteiger partial charge in [0, 0.05) is 29.9 Å². The van der Waals surface area contributed by atoms with Gasteiger partial charge in [0.2, 0.25) is 0 Å². The quantitative estimate of drug-likeness (QED) is 0.188. The summed E-state index contributed by atoms with van der Waals surface area (Å²) < 4.78 is 23.6. The lowest BCUT2D eigenvalue weighted by molar-refractivity contribution is -0.139. The molecule has 0 bridgehead atoms. The summed E-state index contributed by atoms with van der Waals surface area (Å²) in [6.45, 7) is 17.8. The third-order valence-electron chi connectivity index (χ3n) is 3.20. The fourth-order valence-electron chi connectivity index (χ4n) is 2.42. The molecule has 0 saturated heterocycles. The van der Waals surface area contributed by atoms with E-state index in [0.29, 0.717) is 12.2 Å². The van der Waals surface area contributed by atoms with E-state index in [4.69, 9.17) is 18.0 Å². The van der Waals surface area contributed by atoms with Crippen molar-refractivity contribution in [3.63, 3.8) is 0 Å². The molecular weight excluding hydrogens is 336 g/mol. The Kier molecular flexibility index (Phi) is 12.3. The molecule has 148 valence electrons. The van der Waals surface area contributed by atoms with Gasteiger partial charge in [0.15, 0.2) is 0 Å². The van der Waals surface area contributed by atoms with E-state index in [1.807, 2.05) is 41.5 Å². The summed E-state index contributed by atoms with van der Waals surface area (Å²) in [4.78, 5) is 11.3. The Morgan fingerprint density at radius 3 is 1.68 bits per heavy atom. The lowest BCUT2D eigenvalue weighted by atomic mass is 10.2. The molecule has 5 nitrogen and oxygen atoms in total. The summed E-state index contributed by atoms with van der Waals surface area (Å²) in [6, 6.07) is 0.813. The number of esters is 1. The van der Waals surface area contributed by atoms with Gasteiger partial charge < -0.3 is 18.0 Å². The lowest BCUT2D eigenvalue weighted by Gasteiger charge is -2.34. The van der Waals surface area contributed by atoms with Crippen molar-refractivity contribution >= 4 is 14.8 Å². The first-order valence-electron chi connectivity index (χ1n) is 9.44. The lowest BCUT2D eigenvalue weighted by Crippen LogP contribution is -2.50. The third-order valence-corrected chi connectivity index (χ3v) is 6.66. The number of unbranched alkanes of at least 4 members (excludes halogenated alkanes) is 3. The summed E-state index contributed by atoms with van der Waals surface area (Å²) in [5, 5.41) is 0. The van der Waals surface area contributed by atoms with Crippen LogP contribution >= 0.6 is 0 Å². The van der Waals surface area contributed by atoms with E-state index < -0.39 is 8.80 Å². The Balaban J connectivity index is 4.36. The Hall–Kier alpha value is -0.693. The SMILES string of the molecule is C=C(C)C(=O)OCCCCCC[Si](OC(C)C)(OC(C)C)OC(C)C. The second-order valence-corrected chi connectivity index (χ2v) is 9.84. The molecule has 6 heteroatoms. The minimum atomic E-state index is -2.68. The highest BCUT2D eigenvalue weighted by molar-refractivity contribution is 6.60. The number of carbonyl (C=O) groups excluding carboxylic acids is 1. The molecule has 0 amide bonds. The number of hydrogen-bond donors (Lipinski definition) is 0. The van der Waals surface area contributed by atoms with Gasteiger partial charge in [0.25, 0.3) is 0 Å². The summed E-state index contributed by atoms with van der Waals surface area (Å²) in [5.74, 6) is -0.313. The van der Waals surface area contributed by atoms with Crippen LogP contribution in [0.4, 0.5) is 0 Å². The fraction of sp³-hybridized carbons (Fsp3) is 0.842. The van der Waals surface area contributed by atoms with Crippen LogP contribution in [0.25, 0.3) is 0 Å². The van der Waals surface area contributed by atoms with Crippen LogP contribution in [0.1, 0.15) is 74.1 Å². The molecule has 0 fully saturated rings. The molecule has 0 aromatic carbocycles. The second-order valence-electron chi connectivity index (χ2n) is 7.26. The predicted molar refractivity (Wildman–Crippen MR) is 103 cm³/mol. The van der Waals surface area contributed by atoms with Gasteiger partial charge in [-0.2, -0.15) is 0 Å². The molecule has 0 heterocycles. The number of ether oxygens (including phenoxy) is 1. The van der Waals surface area contributed by atoms with E-state index in [1.165, 1.54) is 0 Å². The number of hydrogen-bond acceptors (Lipinski definition) is 5. The Morgan fingerprint density at radius 1 is 0.840 bits per heavy atom. The zero-order valence-corrected chi connectivity index (χ0v) is 18.2. The normalized spacial score (nSPS) is 12.2. The van der Waals surface area contributed by atoms with Crippen molar-refractivity contribution in [1.82, 2.24) is 0 Å². The summed E-state index contributed by atoms with van der Waals surface area (Å²) >= 11 is 0. The van der Waals surface area contributed by atoms with Crippen LogP contribution in [0.5, 0.6) is 0 Å². The topological polar surface area (TPSA) is 54.0 Å². The molecule has 0 unspecified atom stereocenters. The molecule has 0 rings (SSSR count). The summed E-state index contributed by atoms with van der Waals surface area (Å²) in [5.41, 5.74) is 0.443. The fourth-order valence-corrected chi connectivity index (χ4v) is 5.78. The van der Waals surface area contributed by atoms with Crippen molar-refractivity contribution in [3.05, 3.63) is 12.2 Å². The van der Waals surface area contributed by atoms with E-state index in [9.17, 15) is 4.79 Å². The first-order valence-corrected chi connectivity index (χ1v) is 11.4. The highest BCUT2D eigenvalue weighted by atomic mass is 28.4. The summed E-state index contributed by atoms with van der Waals surface area (Å²) in [7, 11) is -2.68. The molecule has 0 atom stereocenters. The second kappa shape index (κ2) is 12.6. The predicted octanol–water partition coefficient (Wildman–Crippen LogP) is 4.88. The van der Waals surface area contributed by atoms with Gasteiger partial charge in [-0.3, -0.25) is 0 Å². The molecular formula is C19H38O5Si. The molecule has 0 aliphatic heterocycles. The van der Waals surface area contributed by atoms with Crippen molar-refractivity contribution in [2.75, 3.05) is 6.61 Å². The molecule has 0 radical (unpaired) electrons. The zero-order chi connectivity index (χ0) is 19.5. The monoisotopic (exact) mass is 374 g/mol. The number of carbonyl (C=O) groups is 1. The number of rotatable bonds is 14. The van der Waals surface area contributed by atoms with Gasteiger partial charge in [-0.1, -0.05) is 19.4 Å². The smallest absolute Gasteiger partial charge is 0.462 e. The van der Waals surface area contributed by atoms with Gasteiger partial charge in [-0.05, 0) is 61.3 Å². The molecule has 0 saturated carbocycles. The van der Waals surface area contributed by atoms with Gasteiger partial charge in [-0.25, -0.2) is 4.79 Å². The van der Waals surface area contributed by atoms with E-state index >= 15 is 0 Å². The first kappa shape index (κ1) is 24.3. The standard InChI is InChI=1S/C19H38O5Si/c1-15(2)19(20)21-13-11-9-10-12-14-25(22-16(3)4,23-17(5)6)24-18(7)8/h16-18H,1,9-14H2,2-8H3. The Labute approximate surface area is 155 Å². The van der Waals surface area contributed by atoms with Crippen LogP contribution in [0, 0.1) is 0 Å². The van der Waals surface area contributed by atoms with Crippen molar-refractivity contribution in [1.29, 1.82) is 0 Å². The van der Waals surface area contributed by atoms with Crippen molar-refractivity contribution in [3.8, 4) is 0 Å². The Bertz CT molecular complexity index is 367. The first-order chi connectivity index (χ1) is 11.6.